The molecule has 0 bridgehead atoms. The van der Waals surface area contributed by atoms with Crippen LogP contribution in [0.15, 0.2) is 23.2 Å². The molecule has 7 nitrogen and oxygen atoms in total. The number of fused-ring (bicyclic) bond motifs is 1. The highest BCUT2D eigenvalue weighted by molar-refractivity contribution is 5.73. The fourth-order valence-electron chi connectivity index (χ4n) is 4.44. The summed E-state index contributed by atoms with van der Waals surface area (Å²) in [5, 5.41) is 31.5. The van der Waals surface area contributed by atoms with Crippen molar-refractivity contribution in [3.05, 3.63) is 23.2 Å². The van der Waals surface area contributed by atoms with Gasteiger partial charge in [0.2, 0.25) is 0 Å². The molecule has 0 saturated heterocycles. The Hall–Kier alpha value is -2.02. The minimum absolute atomic E-state index is 0.0111. The third kappa shape index (κ3) is 6.03. The first-order chi connectivity index (χ1) is 14.7. The van der Waals surface area contributed by atoms with E-state index in [-0.39, 0.29) is 30.3 Å². The van der Waals surface area contributed by atoms with E-state index in [0.717, 1.165) is 19.3 Å². The zero-order valence-electron chi connectivity index (χ0n) is 19.2. The maximum Gasteiger partial charge on any atom is 0.309 e. The molecule has 0 amide bonds. The molecule has 0 aromatic rings. The topological polar surface area (TPSA) is 113 Å². The number of hydrogen-bond donors (Lipinski definition) is 3. The van der Waals surface area contributed by atoms with Crippen LogP contribution in [0.1, 0.15) is 79.1 Å². The van der Waals surface area contributed by atoms with E-state index in [4.69, 9.17) is 9.47 Å². The summed E-state index contributed by atoms with van der Waals surface area (Å²) in [6.07, 6.45) is 3.63. The SMILES string of the molecule is CCCCCCC(=O)OC1C(C)C(O)=CC2=C(O)CC(O)C(OC(=O)C(CC)CC)C21. The third-order valence-electron chi connectivity index (χ3n) is 6.52. The van der Waals surface area contributed by atoms with Crippen LogP contribution < -0.4 is 0 Å². The van der Waals surface area contributed by atoms with Gasteiger partial charge in [-0.2, -0.15) is 0 Å². The molecule has 0 radical (unpaired) electrons. The highest BCUT2D eigenvalue weighted by Gasteiger charge is 2.50. The molecule has 2 rings (SSSR count). The van der Waals surface area contributed by atoms with Crippen LogP contribution in [-0.4, -0.2) is 45.6 Å². The van der Waals surface area contributed by atoms with Crippen molar-refractivity contribution in [2.45, 2.75) is 97.4 Å². The quantitative estimate of drug-likeness (QED) is 0.340. The maximum absolute atomic E-state index is 12.7. The van der Waals surface area contributed by atoms with E-state index in [9.17, 15) is 24.9 Å². The third-order valence-corrected chi connectivity index (χ3v) is 6.52. The van der Waals surface area contributed by atoms with Crippen LogP contribution in [0.4, 0.5) is 0 Å². The Kier molecular flexibility index (Phi) is 9.41. The van der Waals surface area contributed by atoms with Gasteiger partial charge in [-0.25, -0.2) is 0 Å². The standard InChI is InChI=1S/C24H38O7/c1-5-8-9-10-11-20(28)30-22-14(4)17(25)12-16-18(26)13-19(27)23(21(16)22)31-24(29)15(6-2)7-3/h12,14-15,19,21-23,25-27H,5-11,13H2,1-4H3. The highest BCUT2D eigenvalue weighted by Crippen LogP contribution is 2.43. The van der Waals surface area contributed by atoms with Gasteiger partial charge in [0.1, 0.15) is 12.2 Å². The first-order valence-electron chi connectivity index (χ1n) is 11.7. The van der Waals surface area contributed by atoms with Gasteiger partial charge >= 0.3 is 11.9 Å². The predicted octanol–water partition coefficient (Wildman–Crippen LogP) is 4.50. The van der Waals surface area contributed by atoms with Crippen molar-refractivity contribution in [3.63, 3.8) is 0 Å². The molecule has 0 spiro atoms. The van der Waals surface area contributed by atoms with Gasteiger partial charge in [0.25, 0.3) is 0 Å². The molecule has 7 heteroatoms. The van der Waals surface area contributed by atoms with Crippen molar-refractivity contribution in [1.82, 2.24) is 0 Å². The molecule has 2 aliphatic rings. The minimum atomic E-state index is -1.13. The smallest absolute Gasteiger partial charge is 0.309 e. The van der Waals surface area contributed by atoms with Crippen LogP contribution in [0.2, 0.25) is 0 Å². The molecule has 5 unspecified atom stereocenters. The summed E-state index contributed by atoms with van der Waals surface area (Å²) in [6, 6.07) is 0. The largest absolute Gasteiger partial charge is 0.512 e. The molecule has 0 heterocycles. The second-order valence-corrected chi connectivity index (χ2v) is 8.74. The maximum atomic E-state index is 12.7. The summed E-state index contributed by atoms with van der Waals surface area (Å²) in [5.74, 6) is -2.50. The Bertz CT molecular complexity index is 692. The summed E-state index contributed by atoms with van der Waals surface area (Å²) in [6.45, 7) is 7.61. The first-order valence-corrected chi connectivity index (χ1v) is 11.7. The second kappa shape index (κ2) is 11.6. The lowest BCUT2D eigenvalue weighted by molar-refractivity contribution is -0.176. The lowest BCUT2D eigenvalue weighted by Crippen LogP contribution is -2.52. The number of allylic oxidation sites excluding steroid dienone is 1. The number of carbonyl (C=O) groups is 2. The van der Waals surface area contributed by atoms with Crippen LogP contribution in [0.5, 0.6) is 0 Å². The molecule has 0 aromatic carbocycles. The summed E-state index contributed by atoms with van der Waals surface area (Å²) < 4.78 is 11.5. The van der Waals surface area contributed by atoms with Gasteiger partial charge in [0.15, 0.2) is 0 Å². The average molecular weight is 439 g/mol. The van der Waals surface area contributed by atoms with E-state index < -0.39 is 42.1 Å². The van der Waals surface area contributed by atoms with Crippen molar-refractivity contribution >= 4 is 11.9 Å². The monoisotopic (exact) mass is 438 g/mol. The van der Waals surface area contributed by atoms with Crippen molar-refractivity contribution in [2.24, 2.45) is 17.8 Å². The van der Waals surface area contributed by atoms with Gasteiger partial charge in [0.05, 0.1) is 35.4 Å². The highest BCUT2D eigenvalue weighted by atomic mass is 16.6. The molecular weight excluding hydrogens is 400 g/mol. The predicted molar refractivity (Wildman–Crippen MR) is 116 cm³/mol. The van der Waals surface area contributed by atoms with Gasteiger partial charge < -0.3 is 24.8 Å². The summed E-state index contributed by atoms with van der Waals surface area (Å²) in [4.78, 5) is 25.2. The van der Waals surface area contributed by atoms with Crippen molar-refractivity contribution in [1.29, 1.82) is 0 Å². The number of esters is 2. The van der Waals surface area contributed by atoms with E-state index in [2.05, 4.69) is 6.92 Å². The van der Waals surface area contributed by atoms with E-state index in [0.29, 0.717) is 24.8 Å². The number of hydrogen-bond acceptors (Lipinski definition) is 7. The fraction of sp³-hybridized carbons (Fsp3) is 0.750. The Morgan fingerprint density at radius 3 is 2.35 bits per heavy atom. The van der Waals surface area contributed by atoms with Crippen LogP contribution in [-0.2, 0) is 19.1 Å². The molecular formula is C24H38O7. The first kappa shape index (κ1) is 25.2. The lowest BCUT2D eigenvalue weighted by atomic mass is 9.71. The second-order valence-electron chi connectivity index (χ2n) is 8.74. The Balaban J connectivity index is 2.28. The van der Waals surface area contributed by atoms with Crippen molar-refractivity contribution in [2.75, 3.05) is 0 Å². The number of unbranched alkanes of at least 4 members (excludes halogenated alkanes) is 3. The molecule has 0 saturated carbocycles. The molecule has 2 aliphatic carbocycles. The molecule has 0 aromatic heterocycles. The number of carbonyl (C=O) groups excluding carboxylic acids is 2. The van der Waals surface area contributed by atoms with Gasteiger partial charge in [-0.15, -0.1) is 0 Å². The van der Waals surface area contributed by atoms with E-state index >= 15 is 0 Å². The average Bonchev–Trinajstić information content (AvgIpc) is 2.73. The number of aliphatic hydroxyl groups is 3. The van der Waals surface area contributed by atoms with E-state index in [1.807, 2.05) is 13.8 Å². The molecule has 176 valence electrons. The fourth-order valence-corrected chi connectivity index (χ4v) is 4.44. The Labute approximate surface area is 185 Å². The summed E-state index contributed by atoms with van der Waals surface area (Å²) in [5.41, 5.74) is 0.354. The number of aliphatic hydroxyl groups excluding tert-OH is 3. The molecule has 5 atom stereocenters. The summed E-state index contributed by atoms with van der Waals surface area (Å²) >= 11 is 0. The molecule has 0 aliphatic heterocycles. The Morgan fingerprint density at radius 2 is 1.74 bits per heavy atom. The zero-order chi connectivity index (χ0) is 23.1. The van der Waals surface area contributed by atoms with Gasteiger partial charge in [0, 0.05) is 18.4 Å². The van der Waals surface area contributed by atoms with Gasteiger partial charge in [-0.05, 0) is 25.3 Å². The zero-order valence-corrected chi connectivity index (χ0v) is 19.2. The van der Waals surface area contributed by atoms with Gasteiger partial charge in [-0.1, -0.05) is 47.0 Å². The Morgan fingerprint density at radius 1 is 1.06 bits per heavy atom. The van der Waals surface area contributed by atoms with Crippen molar-refractivity contribution in [3.8, 4) is 0 Å². The van der Waals surface area contributed by atoms with Gasteiger partial charge in [-0.3, -0.25) is 9.59 Å². The summed E-state index contributed by atoms with van der Waals surface area (Å²) in [7, 11) is 0. The number of rotatable bonds is 10. The molecule has 3 N–H and O–H groups in total. The molecule has 31 heavy (non-hydrogen) atoms. The normalized spacial score (nSPS) is 28.2. The van der Waals surface area contributed by atoms with Crippen LogP contribution in [0.25, 0.3) is 0 Å². The van der Waals surface area contributed by atoms with Crippen molar-refractivity contribution < 1.29 is 34.4 Å². The van der Waals surface area contributed by atoms with E-state index in [1.165, 1.54) is 6.08 Å². The molecule has 0 fully saturated rings. The van der Waals surface area contributed by atoms with Crippen LogP contribution in [0, 0.1) is 17.8 Å². The van der Waals surface area contributed by atoms with Crippen LogP contribution in [0.3, 0.4) is 0 Å². The van der Waals surface area contributed by atoms with E-state index in [1.54, 1.807) is 6.92 Å². The van der Waals surface area contributed by atoms with Crippen LogP contribution >= 0.6 is 0 Å². The minimum Gasteiger partial charge on any atom is -0.512 e. The number of ether oxygens (including phenoxy) is 2. The lowest BCUT2D eigenvalue weighted by Gasteiger charge is -2.43.